The monoisotopic (exact) mass is 639 g/mol. The minimum absolute atomic E-state index is 0.0223. The Hall–Kier alpha value is -3.77. The Bertz CT molecular complexity index is 1410. The summed E-state index contributed by atoms with van der Waals surface area (Å²) >= 11 is 0. The van der Waals surface area contributed by atoms with Gasteiger partial charge in [0.05, 0.1) is 17.9 Å². The van der Waals surface area contributed by atoms with Crippen molar-refractivity contribution in [1.29, 1.82) is 0 Å². The van der Waals surface area contributed by atoms with Crippen LogP contribution in [0.3, 0.4) is 0 Å². The molecule has 1 aromatic carbocycles. The first-order valence-corrected chi connectivity index (χ1v) is 16.5. The van der Waals surface area contributed by atoms with Crippen LogP contribution >= 0.6 is 0 Å². The fourth-order valence-electron chi connectivity index (χ4n) is 6.62. The lowest BCUT2D eigenvalue weighted by molar-refractivity contribution is -0.138. The highest BCUT2D eigenvalue weighted by Crippen LogP contribution is 2.30. The van der Waals surface area contributed by atoms with Crippen LogP contribution in [0.15, 0.2) is 28.9 Å². The van der Waals surface area contributed by atoms with E-state index in [-0.39, 0.29) is 36.4 Å². The lowest BCUT2D eigenvalue weighted by Gasteiger charge is -2.36. The third-order valence-corrected chi connectivity index (χ3v) is 9.64. The van der Waals surface area contributed by atoms with Crippen molar-refractivity contribution >= 4 is 29.3 Å². The quantitative estimate of drug-likeness (QED) is 0.336. The zero-order valence-electron chi connectivity index (χ0n) is 27.0. The number of nitrogens with zero attached hydrogens (tertiary/aromatic N) is 2. The molecule has 1 saturated heterocycles. The molecule has 46 heavy (non-hydrogen) atoms. The minimum Gasteiger partial charge on any atom is -0.466 e. The van der Waals surface area contributed by atoms with E-state index < -0.39 is 35.6 Å². The van der Waals surface area contributed by atoms with Crippen molar-refractivity contribution in [1.82, 2.24) is 20.4 Å². The van der Waals surface area contributed by atoms with Crippen molar-refractivity contribution in [2.45, 2.75) is 90.0 Å². The molecular formula is C34H46FN5O6. The van der Waals surface area contributed by atoms with Gasteiger partial charge in [-0.05, 0) is 43.5 Å². The second-order valence-corrected chi connectivity index (χ2v) is 12.8. The van der Waals surface area contributed by atoms with Crippen molar-refractivity contribution in [2.75, 3.05) is 38.5 Å². The van der Waals surface area contributed by atoms with Crippen LogP contribution in [0.25, 0.3) is 0 Å². The molecule has 0 spiro atoms. The van der Waals surface area contributed by atoms with Gasteiger partial charge < -0.3 is 34.9 Å². The average molecular weight is 640 g/mol. The maximum Gasteiger partial charge on any atom is 0.255 e. The average Bonchev–Trinajstić information content (AvgIpc) is 3.58. The molecule has 250 valence electrons. The molecule has 2 aromatic rings. The number of benzene rings is 1. The van der Waals surface area contributed by atoms with Crippen LogP contribution in [0.1, 0.15) is 92.0 Å². The molecule has 3 aliphatic rings. The van der Waals surface area contributed by atoms with Crippen LogP contribution in [0, 0.1) is 11.7 Å². The molecule has 0 bridgehead atoms. The number of ether oxygens (including phenoxy) is 1. The topological polar surface area (TPSA) is 133 Å². The minimum atomic E-state index is -0.869. The van der Waals surface area contributed by atoms with Crippen LogP contribution in [-0.2, 0) is 32.3 Å². The van der Waals surface area contributed by atoms with Gasteiger partial charge in [0.2, 0.25) is 17.7 Å². The number of hydrogen-bond acceptors (Lipinski definition) is 7. The number of carbonyl (C=O) groups excluding carboxylic acids is 4. The zero-order chi connectivity index (χ0) is 32.8. The lowest BCUT2D eigenvalue weighted by Crippen LogP contribution is -2.55. The van der Waals surface area contributed by atoms with E-state index in [2.05, 4.69) is 20.9 Å². The van der Waals surface area contributed by atoms with Crippen LogP contribution < -0.4 is 16.0 Å². The van der Waals surface area contributed by atoms with Crippen molar-refractivity contribution in [3.05, 3.63) is 52.7 Å². The molecule has 1 saturated carbocycles. The van der Waals surface area contributed by atoms with Gasteiger partial charge in [0.15, 0.2) is 0 Å². The van der Waals surface area contributed by atoms with Crippen LogP contribution in [0.5, 0.6) is 0 Å². The maximum absolute atomic E-state index is 15.7. The van der Waals surface area contributed by atoms with Crippen LogP contribution in [0.4, 0.5) is 10.1 Å². The molecule has 2 fully saturated rings. The number of rotatable bonds is 10. The summed E-state index contributed by atoms with van der Waals surface area (Å²) in [5.41, 5.74) is 1.53. The lowest BCUT2D eigenvalue weighted by atomic mass is 9.90. The summed E-state index contributed by atoms with van der Waals surface area (Å²) in [6.45, 7) is 6.65. The smallest absolute Gasteiger partial charge is 0.255 e. The van der Waals surface area contributed by atoms with Gasteiger partial charge >= 0.3 is 0 Å². The maximum atomic E-state index is 15.7. The van der Waals surface area contributed by atoms with Crippen molar-refractivity contribution in [3.63, 3.8) is 0 Å². The van der Waals surface area contributed by atoms with E-state index in [1.165, 1.54) is 18.4 Å². The first-order chi connectivity index (χ1) is 22.2. The Morgan fingerprint density at radius 1 is 1.00 bits per heavy atom. The Balaban J connectivity index is 1.32. The Morgan fingerprint density at radius 2 is 1.72 bits per heavy atom. The molecule has 0 radical (unpaired) electrons. The largest absolute Gasteiger partial charge is 0.466 e. The number of piperazine rings is 1. The van der Waals surface area contributed by atoms with Crippen molar-refractivity contribution < 1.29 is 32.7 Å². The summed E-state index contributed by atoms with van der Waals surface area (Å²) in [6.07, 6.45) is 7.19. The Morgan fingerprint density at radius 3 is 2.39 bits per heavy atom. The molecule has 3 N–H and O–H groups in total. The zero-order valence-corrected chi connectivity index (χ0v) is 27.0. The van der Waals surface area contributed by atoms with Crippen LogP contribution in [-0.4, -0.2) is 78.7 Å². The number of amides is 4. The van der Waals surface area contributed by atoms with Gasteiger partial charge in [0.1, 0.15) is 36.5 Å². The number of halogens is 1. The highest BCUT2D eigenvalue weighted by atomic mass is 19.1. The fourth-order valence-corrected chi connectivity index (χ4v) is 6.62. The highest BCUT2D eigenvalue weighted by Gasteiger charge is 2.35. The van der Waals surface area contributed by atoms with E-state index in [1.807, 2.05) is 7.05 Å². The van der Waals surface area contributed by atoms with Gasteiger partial charge in [-0.15, -0.1) is 0 Å². The standard InChI is InChI=1S/C34H46FN5O6/c1-4-29(41)37-30(34(44)40-15-13-39(3)14-16-40)21(2)23-11-12-27(26(35)17-23)36-33(43)31(22-9-7-5-6-8-10-22)38-32(42)25-19-46-28-20-45-18-24(25)28/h11-12,17,19,21-22,30-31H,4-10,13-16,18,20H2,1-3H3,(H,36,43)(H,37,41)(H,38,42). The number of fused-ring (bicyclic) bond motifs is 1. The Labute approximate surface area is 269 Å². The van der Waals surface area contributed by atoms with Gasteiger partial charge in [0, 0.05) is 44.1 Å². The first kappa shape index (κ1) is 33.6. The predicted octanol–water partition coefficient (Wildman–Crippen LogP) is 3.93. The number of anilines is 1. The predicted molar refractivity (Wildman–Crippen MR) is 169 cm³/mol. The van der Waals surface area contributed by atoms with Crippen molar-refractivity contribution in [3.8, 4) is 0 Å². The van der Waals surface area contributed by atoms with E-state index in [0.717, 1.165) is 51.6 Å². The second-order valence-electron chi connectivity index (χ2n) is 12.8. The summed E-state index contributed by atoms with van der Waals surface area (Å²) in [6, 6.07) is 2.72. The SMILES string of the molecule is CCC(=O)NC(C(=O)N1CCN(C)CC1)C(C)c1ccc(NC(=O)C(NC(=O)c2coc3c2COC3)C2CCCCCC2)c(F)c1. The number of hydrogen-bond donors (Lipinski definition) is 3. The van der Waals surface area contributed by atoms with Gasteiger partial charge in [-0.25, -0.2) is 4.39 Å². The molecule has 12 heteroatoms. The van der Waals surface area contributed by atoms with E-state index in [0.29, 0.717) is 42.1 Å². The first-order valence-electron chi connectivity index (χ1n) is 16.5. The molecule has 3 heterocycles. The summed E-state index contributed by atoms with van der Waals surface area (Å²) in [7, 11) is 2.00. The van der Waals surface area contributed by atoms with E-state index in [4.69, 9.17) is 9.15 Å². The highest BCUT2D eigenvalue weighted by molar-refractivity contribution is 6.02. The van der Waals surface area contributed by atoms with Crippen molar-refractivity contribution in [2.24, 2.45) is 5.92 Å². The van der Waals surface area contributed by atoms with E-state index >= 15 is 4.39 Å². The van der Waals surface area contributed by atoms with Gasteiger partial charge in [-0.2, -0.15) is 0 Å². The number of nitrogens with one attached hydrogen (secondary N) is 3. The summed E-state index contributed by atoms with van der Waals surface area (Å²) < 4.78 is 26.5. The molecule has 11 nitrogen and oxygen atoms in total. The molecule has 1 aliphatic carbocycles. The van der Waals surface area contributed by atoms with E-state index in [1.54, 1.807) is 24.8 Å². The second kappa shape index (κ2) is 15.2. The summed E-state index contributed by atoms with van der Waals surface area (Å²) in [4.78, 5) is 56.9. The summed E-state index contributed by atoms with van der Waals surface area (Å²) in [5.74, 6) is -2.06. The van der Waals surface area contributed by atoms with Gasteiger partial charge in [0.25, 0.3) is 5.91 Å². The third kappa shape index (κ3) is 7.78. The molecule has 1 aromatic heterocycles. The van der Waals surface area contributed by atoms with Gasteiger partial charge in [-0.3, -0.25) is 19.2 Å². The number of furan rings is 1. The number of likely N-dealkylation sites (N-methyl/N-ethyl adjacent to an activating group) is 1. The normalized spacial score (nSPS) is 19.4. The number of carbonyl (C=O) groups is 4. The van der Waals surface area contributed by atoms with Gasteiger partial charge in [-0.1, -0.05) is 45.6 Å². The van der Waals surface area contributed by atoms with Crippen LogP contribution in [0.2, 0.25) is 0 Å². The molecule has 5 rings (SSSR count). The molecular weight excluding hydrogens is 593 g/mol. The molecule has 3 unspecified atom stereocenters. The molecule has 3 atom stereocenters. The van der Waals surface area contributed by atoms with E-state index in [9.17, 15) is 19.2 Å². The fraction of sp³-hybridized carbons (Fsp3) is 0.588. The molecule has 4 amide bonds. The Kier molecular flexibility index (Phi) is 11.1. The molecule has 2 aliphatic heterocycles. The third-order valence-electron chi connectivity index (χ3n) is 9.64. The summed E-state index contributed by atoms with van der Waals surface area (Å²) in [5, 5.41) is 8.50.